The van der Waals surface area contributed by atoms with Crippen LogP contribution in [0.15, 0.2) is 59.2 Å². The molecule has 0 spiro atoms. The molecule has 1 fully saturated rings. The average Bonchev–Trinajstić information content (AvgIpc) is 3.38. The number of benzene rings is 1. The maximum atomic E-state index is 13.7. The Labute approximate surface area is 181 Å². The molecule has 1 atom stereocenters. The molecule has 0 amide bonds. The van der Waals surface area contributed by atoms with Gasteiger partial charge in [-0.2, -0.15) is 0 Å². The van der Waals surface area contributed by atoms with E-state index in [1.54, 1.807) is 17.7 Å². The minimum atomic E-state index is -0.0308. The standard InChI is InChI=1S/C23H20N6OS/c1-13-10-31-17-9-16(18(23(30)29(13)17)14-5-3-2-4-6-14)19(15-7-8-15)28-22-20-21(25-11-24-20)26-12-27-22/h2-6,9-12,15,19H,7-8H2,1H3,(H2,24,25,26,27,28). The summed E-state index contributed by atoms with van der Waals surface area (Å²) in [5, 5.41) is 5.66. The van der Waals surface area contributed by atoms with E-state index in [0.29, 0.717) is 17.4 Å². The third-order valence-electron chi connectivity index (χ3n) is 5.91. The number of hydrogen-bond acceptors (Lipinski definition) is 6. The van der Waals surface area contributed by atoms with Gasteiger partial charge in [-0.15, -0.1) is 11.3 Å². The van der Waals surface area contributed by atoms with Gasteiger partial charge in [-0.1, -0.05) is 30.3 Å². The highest BCUT2D eigenvalue weighted by molar-refractivity contribution is 7.15. The van der Waals surface area contributed by atoms with Gasteiger partial charge in [0.25, 0.3) is 5.56 Å². The summed E-state index contributed by atoms with van der Waals surface area (Å²) in [5.74, 6) is 1.15. The number of pyridine rings is 1. The molecule has 2 N–H and O–H groups in total. The Bertz CT molecular complexity index is 1460. The highest BCUT2D eigenvalue weighted by Gasteiger charge is 2.36. The van der Waals surface area contributed by atoms with Crippen molar-refractivity contribution in [2.75, 3.05) is 5.32 Å². The van der Waals surface area contributed by atoms with Crippen molar-refractivity contribution in [2.24, 2.45) is 5.92 Å². The third kappa shape index (κ3) is 3.02. The number of rotatable bonds is 5. The Hall–Kier alpha value is -3.52. The number of imidazole rings is 1. The summed E-state index contributed by atoms with van der Waals surface area (Å²) in [6, 6.07) is 12.1. The summed E-state index contributed by atoms with van der Waals surface area (Å²) < 4.78 is 1.82. The molecule has 7 nitrogen and oxygen atoms in total. The quantitative estimate of drug-likeness (QED) is 0.428. The first-order valence-electron chi connectivity index (χ1n) is 10.3. The van der Waals surface area contributed by atoms with Gasteiger partial charge in [-0.05, 0) is 42.9 Å². The summed E-state index contributed by atoms with van der Waals surface area (Å²) in [7, 11) is 0. The Morgan fingerprint density at radius 3 is 2.84 bits per heavy atom. The second-order valence-corrected chi connectivity index (χ2v) is 8.87. The number of fused-ring (bicyclic) bond motifs is 2. The number of thiazole rings is 1. The molecule has 1 saturated carbocycles. The fourth-order valence-electron chi connectivity index (χ4n) is 4.27. The highest BCUT2D eigenvalue weighted by Crippen LogP contribution is 2.45. The molecule has 4 heterocycles. The summed E-state index contributed by atoms with van der Waals surface area (Å²) in [5.41, 5.74) is 5.09. The minimum absolute atomic E-state index is 0.0271. The van der Waals surface area contributed by atoms with Crippen molar-refractivity contribution in [1.29, 1.82) is 0 Å². The van der Waals surface area contributed by atoms with Crippen LogP contribution >= 0.6 is 11.3 Å². The van der Waals surface area contributed by atoms with E-state index in [-0.39, 0.29) is 11.6 Å². The normalized spacial score (nSPS) is 14.9. The fraction of sp³-hybridized carbons (Fsp3) is 0.217. The molecule has 1 aliphatic carbocycles. The van der Waals surface area contributed by atoms with Gasteiger partial charge in [0.1, 0.15) is 16.7 Å². The predicted octanol–water partition coefficient (Wildman–Crippen LogP) is 4.57. The van der Waals surface area contributed by atoms with Gasteiger partial charge in [0.2, 0.25) is 0 Å². The van der Waals surface area contributed by atoms with Crippen LogP contribution in [0.2, 0.25) is 0 Å². The molecule has 5 aromatic rings. The molecule has 4 aromatic heterocycles. The van der Waals surface area contributed by atoms with Gasteiger partial charge < -0.3 is 10.3 Å². The van der Waals surface area contributed by atoms with Gasteiger partial charge in [-0.3, -0.25) is 9.20 Å². The van der Waals surface area contributed by atoms with Crippen LogP contribution in [0, 0.1) is 12.8 Å². The van der Waals surface area contributed by atoms with Crippen molar-refractivity contribution in [3.05, 3.63) is 76.0 Å². The molecule has 1 aromatic carbocycles. The van der Waals surface area contributed by atoms with Crippen molar-refractivity contribution in [2.45, 2.75) is 25.8 Å². The Morgan fingerprint density at radius 2 is 2.03 bits per heavy atom. The number of hydrogen-bond donors (Lipinski definition) is 2. The van der Waals surface area contributed by atoms with Crippen LogP contribution in [0.5, 0.6) is 0 Å². The topological polar surface area (TPSA) is 88.0 Å². The Balaban J connectivity index is 1.58. The number of nitrogens with one attached hydrogen (secondary N) is 2. The molecule has 8 heteroatoms. The predicted molar refractivity (Wildman–Crippen MR) is 122 cm³/mol. The van der Waals surface area contributed by atoms with Gasteiger partial charge in [0, 0.05) is 11.1 Å². The number of H-pyrrole nitrogens is 1. The van der Waals surface area contributed by atoms with Crippen molar-refractivity contribution in [3.8, 4) is 11.1 Å². The second-order valence-electron chi connectivity index (χ2n) is 7.98. The molecule has 6 rings (SSSR count). The summed E-state index contributed by atoms with van der Waals surface area (Å²) in [4.78, 5) is 30.7. The zero-order valence-corrected chi connectivity index (χ0v) is 17.7. The van der Waals surface area contributed by atoms with E-state index < -0.39 is 0 Å². The van der Waals surface area contributed by atoms with Crippen LogP contribution in [0.3, 0.4) is 0 Å². The maximum absolute atomic E-state index is 13.7. The zero-order chi connectivity index (χ0) is 20.9. The van der Waals surface area contributed by atoms with E-state index in [9.17, 15) is 4.79 Å². The highest BCUT2D eigenvalue weighted by atomic mass is 32.1. The molecule has 1 unspecified atom stereocenters. The number of aromatic nitrogens is 5. The molecule has 0 radical (unpaired) electrons. The third-order valence-corrected chi connectivity index (χ3v) is 6.91. The first-order valence-corrected chi connectivity index (χ1v) is 11.2. The lowest BCUT2D eigenvalue weighted by Gasteiger charge is -2.23. The average molecular weight is 429 g/mol. The molecule has 1 aliphatic rings. The van der Waals surface area contributed by atoms with Gasteiger partial charge >= 0.3 is 0 Å². The lowest BCUT2D eigenvalue weighted by molar-refractivity contribution is 0.676. The van der Waals surface area contributed by atoms with E-state index >= 15 is 0 Å². The van der Waals surface area contributed by atoms with Crippen molar-refractivity contribution >= 4 is 33.1 Å². The second kappa shape index (κ2) is 7.02. The smallest absolute Gasteiger partial charge is 0.264 e. The first-order chi connectivity index (χ1) is 15.2. The monoisotopic (exact) mass is 428 g/mol. The number of aryl methyl sites for hydroxylation is 1. The van der Waals surface area contributed by atoms with Gasteiger partial charge in [0.05, 0.1) is 17.9 Å². The largest absolute Gasteiger partial charge is 0.361 e. The van der Waals surface area contributed by atoms with E-state index in [4.69, 9.17) is 0 Å². The van der Waals surface area contributed by atoms with Crippen LogP contribution in [-0.4, -0.2) is 24.3 Å². The Morgan fingerprint density at radius 1 is 1.19 bits per heavy atom. The maximum Gasteiger partial charge on any atom is 0.264 e. The first kappa shape index (κ1) is 18.3. The van der Waals surface area contributed by atoms with Crippen LogP contribution in [0.25, 0.3) is 27.1 Å². The van der Waals surface area contributed by atoms with Crippen molar-refractivity contribution < 1.29 is 0 Å². The number of aromatic amines is 1. The lowest BCUT2D eigenvalue weighted by Crippen LogP contribution is -2.23. The summed E-state index contributed by atoms with van der Waals surface area (Å²) in [6.07, 6.45) is 5.38. The van der Waals surface area contributed by atoms with Crippen LogP contribution in [-0.2, 0) is 0 Å². The van der Waals surface area contributed by atoms with E-state index in [2.05, 4.69) is 31.3 Å². The van der Waals surface area contributed by atoms with Crippen LogP contribution in [0.1, 0.15) is 30.1 Å². The minimum Gasteiger partial charge on any atom is -0.361 e. The molecule has 0 bridgehead atoms. The summed E-state index contributed by atoms with van der Waals surface area (Å²) >= 11 is 1.60. The van der Waals surface area contributed by atoms with Crippen molar-refractivity contribution in [3.63, 3.8) is 0 Å². The fourth-order valence-corrected chi connectivity index (χ4v) is 5.19. The van der Waals surface area contributed by atoms with Gasteiger partial charge in [0.15, 0.2) is 11.5 Å². The number of nitrogens with zero attached hydrogens (tertiary/aromatic N) is 4. The lowest BCUT2D eigenvalue weighted by atomic mass is 9.93. The SMILES string of the molecule is Cc1csc2cc(C(Nc3ncnc4nc[nH]c34)C3CC3)c(-c3ccccc3)c(=O)n12. The molecule has 31 heavy (non-hydrogen) atoms. The number of anilines is 1. The summed E-state index contributed by atoms with van der Waals surface area (Å²) in [6.45, 7) is 1.98. The molecular weight excluding hydrogens is 408 g/mol. The zero-order valence-electron chi connectivity index (χ0n) is 16.9. The molecule has 154 valence electrons. The molecule has 0 saturated heterocycles. The van der Waals surface area contributed by atoms with Crippen molar-refractivity contribution in [1.82, 2.24) is 24.3 Å². The van der Waals surface area contributed by atoms with Crippen LogP contribution < -0.4 is 10.9 Å². The van der Waals surface area contributed by atoms with E-state index in [0.717, 1.165) is 45.6 Å². The molecule has 0 aliphatic heterocycles. The van der Waals surface area contributed by atoms with E-state index in [1.807, 2.05) is 47.0 Å². The van der Waals surface area contributed by atoms with E-state index in [1.165, 1.54) is 6.33 Å². The molecular formula is C23H20N6OS. The van der Waals surface area contributed by atoms with Gasteiger partial charge in [-0.25, -0.2) is 15.0 Å². The Kier molecular flexibility index (Phi) is 4.14. The van der Waals surface area contributed by atoms with Crippen LogP contribution in [0.4, 0.5) is 5.82 Å².